The van der Waals surface area contributed by atoms with E-state index in [-0.39, 0.29) is 0 Å². The standard InChI is InChI=1S/C13H13BrN2O/c14-11-7-13(9-16-8-11)17-6-5-10-1-3-12(15)4-2-10/h1-4,7-9H,5-6,15H2. The minimum atomic E-state index is 0.627. The van der Waals surface area contributed by atoms with Crippen LogP contribution in [0.4, 0.5) is 5.69 Å². The van der Waals surface area contributed by atoms with Crippen molar-refractivity contribution >= 4 is 21.6 Å². The van der Waals surface area contributed by atoms with Gasteiger partial charge in [0.1, 0.15) is 5.75 Å². The first-order chi connectivity index (χ1) is 8.24. The van der Waals surface area contributed by atoms with Crippen LogP contribution in [0, 0.1) is 0 Å². The molecule has 3 nitrogen and oxygen atoms in total. The second kappa shape index (κ2) is 5.68. The van der Waals surface area contributed by atoms with Crippen molar-refractivity contribution in [3.05, 3.63) is 52.8 Å². The van der Waals surface area contributed by atoms with E-state index in [1.165, 1.54) is 5.56 Å². The molecule has 0 saturated carbocycles. The lowest BCUT2D eigenvalue weighted by molar-refractivity contribution is 0.320. The van der Waals surface area contributed by atoms with E-state index < -0.39 is 0 Å². The Kier molecular flexibility index (Phi) is 3.98. The van der Waals surface area contributed by atoms with Gasteiger partial charge in [0.05, 0.1) is 12.8 Å². The van der Waals surface area contributed by atoms with Gasteiger partial charge in [-0.15, -0.1) is 0 Å². The third kappa shape index (κ3) is 3.75. The van der Waals surface area contributed by atoms with Crippen molar-refractivity contribution in [1.82, 2.24) is 4.98 Å². The van der Waals surface area contributed by atoms with E-state index >= 15 is 0 Å². The van der Waals surface area contributed by atoms with Crippen LogP contribution in [0.1, 0.15) is 5.56 Å². The molecule has 0 amide bonds. The van der Waals surface area contributed by atoms with Crippen LogP contribution in [0.5, 0.6) is 5.75 Å². The van der Waals surface area contributed by atoms with Gasteiger partial charge in [-0.25, -0.2) is 0 Å². The first-order valence-electron chi connectivity index (χ1n) is 5.32. The van der Waals surface area contributed by atoms with Crippen LogP contribution in [-0.4, -0.2) is 11.6 Å². The number of nitrogens with two attached hydrogens (primary N) is 1. The fourth-order valence-corrected chi connectivity index (χ4v) is 1.79. The molecule has 0 radical (unpaired) electrons. The summed E-state index contributed by atoms with van der Waals surface area (Å²) < 4.78 is 6.52. The molecule has 1 aromatic carbocycles. The van der Waals surface area contributed by atoms with Gasteiger partial charge in [-0.3, -0.25) is 4.98 Å². The molecule has 0 spiro atoms. The largest absolute Gasteiger partial charge is 0.492 e. The molecule has 0 aliphatic carbocycles. The number of hydrogen-bond acceptors (Lipinski definition) is 3. The van der Waals surface area contributed by atoms with E-state index in [1.54, 1.807) is 12.4 Å². The molecule has 2 aromatic rings. The van der Waals surface area contributed by atoms with Gasteiger partial charge in [-0.2, -0.15) is 0 Å². The summed E-state index contributed by atoms with van der Waals surface area (Å²) in [5.41, 5.74) is 7.61. The maximum absolute atomic E-state index is 5.62. The predicted molar refractivity (Wildman–Crippen MR) is 72.0 cm³/mol. The van der Waals surface area contributed by atoms with Gasteiger partial charge < -0.3 is 10.5 Å². The second-order valence-electron chi connectivity index (χ2n) is 3.68. The summed E-state index contributed by atoms with van der Waals surface area (Å²) in [5.74, 6) is 0.773. The van der Waals surface area contributed by atoms with Crippen molar-refractivity contribution in [3.8, 4) is 5.75 Å². The average Bonchev–Trinajstić information content (AvgIpc) is 2.32. The third-order valence-electron chi connectivity index (χ3n) is 2.32. The molecule has 0 atom stereocenters. The smallest absolute Gasteiger partial charge is 0.138 e. The molecule has 88 valence electrons. The van der Waals surface area contributed by atoms with Crippen molar-refractivity contribution in [2.75, 3.05) is 12.3 Å². The van der Waals surface area contributed by atoms with Crippen molar-refractivity contribution in [2.45, 2.75) is 6.42 Å². The van der Waals surface area contributed by atoms with Gasteiger partial charge in [0, 0.05) is 22.8 Å². The van der Waals surface area contributed by atoms with Crippen molar-refractivity contribution in [2.24, 2.45) is 0 Å². The maximum atomic E-state index is 5.62. The van der Waals surface area contributed by atoms with E-state index in [0.717, 1.165) is 22.3 Å². The van der Waals surface area contributed by atoms with Crippen LogP contribution < -0.4 is 10.5 Å². The van der Waals surface area contributed by atoms with E-state index in [0.29, 0.717) is 6.61 Å². The lowest BCUT2D eigenvalue weighted by atomic mass is 10.1. The number of nitrogens with zero attached hydrogens (tertiary/aromatic N) is 1. The predicted octanol–water partition coefficient (Wildman–Crippen LogP) is 3.05. The molecule has 0 aliphatic heterocycles. The van der Waals surface area contributed by atoms with Crippen LogP contribution in [0.25, 0.3) is 0 Å². The topological polar surface area (TPSA) is 48.1 Å². The number of halogens is 1. The van der Waals surface area contributed by atoms with E-state index in [1.807, 2.05) is 30.3 Å². The first-order valence-corrected chi connectivity index (χ1v) is 6.11. The molecule has 17 heavy (non-hydrogen) atoms. The number of rotatable bonds is 4. The third-order valence-corrected chi connectivity index (χ3v) is 2.75. The lowest BCUT2D eigenvalue weighted by Gasteiger charge is -2.06. The Morgan fingerprint density at radius 2 is 1.94 bits per heavy atom. The highest BCUT2D eigenvalue weighted by molar-refractivity contribution is 9.10. The Bertz CT molecular complexity index is 485. The Labute approximate surface area is 109 Å². The molecular weight excluding hydrogens is 280 g/mol. The quantitative estimate of drug-likeness (QED) is 0.881. The molecule has 0 fully saturated rings. The van der Waals surface area contributed by atoms with E-state index in [9.17, 15) is 0 Å². The zero-order valence-electron chi connectivity index (χ0n) is 9.27. The van der Waals surface area contributed by atoms with Crippen LogP contribution in [0.15, 0.2) is 47.2 Å². The fourth-order valence-electron chi connectivity index (χ4n) is 1.44. The Balaban J connectivity index is 1.85. The number of ether oxygens (including phenoxy) is 1. The number of pyridine rings is 1. The summed E-state index contributed by atoms with van der Waals surface area (Å²) >= 11 is 3.35. The van der Waals surface area contributed by atoms with Gasteiger partial charge in [0.2, 0.25) is 0 Å². The van der Waals surface area contributed by atoms with Crippen molar-refractivity contribution in [3.63, 3.8) is 0 Å². The maximum Gasteiger partial charge on any atom is 0.138 e. The summed E-state index contributed by atoms with van der Waals surface area (Å²) in [6.45, 7) is 0.627. The molecule has 0 saturated heterocycles. The van der Waals surface area contributed by atoms with Crippen molar-refractivity contribution < 1.29 is 4.74 Å². The minimum Gasteiger partial charge on any atom is -0.492 e. The molecule has 0 aliphatic rings. The molecule has 0 bridgehead atoms. The highest BCUT2D eigenvalue weighted by Gasteiger charge is 1.97. The molecular formula is C13H13BrN2O. The highest BCUT2D eigenvalue weighted by atomic mass is 79.9. The normalized spacial score (nSPS) is 10.2. The van der Waals surface area contributed by atoms with Crippen molar-refractivity contribution in [1.29, 1.82) is 0 Å². The molecule has 4 heteroatoms. The SMILES string of the molecule is Nc1ccc(CCOc2cncc(Br)c2)cc1. The van der Waals surface area contributed by atoms with E-state index in [2.05, 4.69) is 20.9 Å². The number of nitrogen functional groups attached to an aromatic ring is 1. The molecule has 0 unspecified atom stereocenters. The fraction of sp³-hybridized carbons (Fsp3) is 0.154. The number of aromatic nitrogens is 1. The summed E-state index contributed by atoms with van der Waals surface area (Å²) in [4.78, 5) is 4.03. The van der Waals surface area contributed by atoms with Gasteiger partial charge in [0.15, 0.2) is 0 Å². The average molecular weight is 293 g/mol. The van der Waals surface area contributed by atoms with Gasteiger partial charge in [-0.1, -0.05) is 12.1 Å². The lowest BCUT2D eigenvalue weighted by Crippen LogP contribution is -2.01. The summed E-state index contributed by atoms with van der Waals surface area (Å²) in [6, 6.07) is 9.72. The van der Waals surface area contributed by atoms with Crippen LogP contribution >= 0.6 is 15.9 Å². The molecule has 2 rings (SSSR count). The first kappa shape index (κ1) is 11.9. The van der Waals surface area contributed by atoms with E-state index in [4.69, 9.17) is 10.5 Å². The molecule has 1 heterocycles. The Morgan fingerprint density at radius 1 is 1.18 bits per heavy atom. The number of hydrogen-bond donors (Lipinski definition) is 1. The monoisotopic (exact) mass is 292 g/mol. The minimum absolute atomic E-state index is 0.627. The van der Waals surface area contributed by atoms with Gasteiger partial charge in [-0.05, 0) is 39.7 Å². The van der Waals surface area contributed by atoms with Gasteiger partial charge in [0.25, 0.3) is 0 Å². The van der Waals surface area contributed by atoms with Crippen LogP contribution in [-0.2, 0) is 6.42 Å². The summed E-state index contributed by atoms with van der Waals surface area (Å²) in [6.07, 6.45) is 4.29. The van der Waals surface area contributed by atoms with Crippen LogP contribution in [0.2, 0.25) is 0 Å². The number of anilines is 1. The zero-order valence-corrected chi connectivity index (χ0v) is 10.9. The summed E-state index contributed by atoms with van der Waals surface area (Å²) in [7, 11) is 0. The zero-order chi connectivity index (χ0) is 12.1. The Hall–Kier alpha value is -1.55. The highest BCUT2D eigenvalue weighted by Crippen LogP contribution is 2.16. The molecule has 1 aromatic heterocycles. The number of benzene rings is 1. The van der Waals surface area contributed by atoms with Gasteiger partial charge >= 0.3 is 0 Å². The second-order valence-corrected chi connectivity index (χ2v) is 4.59. The summed E-state index contributed by atoms with van der Waals surface area (Å²) in [5, 5.41) is 0. The van der Waals surface area contributed by atoms with Crippen LogP contribution in [0.3, 0.4) is 0 Å². The molecule has 2 N–H and O–H groups in total. The Morgan fingerprint density at radius 3 is 2.65 bits per heavy atom.